The topological polar surface area (TPSA) is 60.5 Å². The highest BCUT2D eigenvalue weighted by atomic mass is 16.5. The summed E-state index contributed by atoms with van der Waals surface area (Å²) < 4.78 is 7.03. The van der Waals surface area contributed by atoms with E-state index in [1.165, 1.54) is 30.5 Å². The lowest BCUT2D eigenvalue weighted by molar-refractivity contribution is 0.0947. The van der Waals surface area contributed by atoms with Crippen molar-refractivity contribution in [2.75, 3.05) is 32.1 Å². The van der Waals surface area contributed by atoms with Gasteiger partial charge in [0, 0.05) is 54.9 Å². The molecule has 1 aromatic carbocycles. The van der Waals surface area contributed by atoms with E-state index >= 15 is 0 Å². The number of carbonyl (C=O) groups is 1. The van der Waals surface area contributed by atoms with Crippen LogP contribution in [0.25, 0.3) is 16.5 Å². The molecule has 2 aliphatic rings. The molecule has 144 valence electrons. The lowest BCUT2D eigenvalue weighted by Crippen LogP contribution is -2.32. The summed E-state index contributed by atoms with van der Waals surface area (Å²) in [6, 6.07) is 6.55. The first kappa shape index (κ1) is 18.3. The summed E-state index contributed by atoms with van der Waals surface area (Å²) in [6.07, 6.45) is 9.29. The molecule has 5 heteroatoms. The maximum atomic E-state index is 12.6. The van der Waals surface area contributed by atoms with Crippen molar-refractivity contribution in [2.24, 2.45) is 0 Å². The predicted octanol–water partition coefficient (Wildman–Crippen LogP) is 3.61. The van der Waals surface area contributed by atoms with Crippen LogP contribution in [0.3, 0.4) is 0 Å². The van der Waals surface area contributed by atoms with Crippen molar-refractivity contribution in [3.63, 3.8) is 0 Å². The first-order chi connectivity index (χ1) is 13.2. The Morgan fingerprint density at radius 2 is 2.26 bits per heavy atom. The zero-order valence-corrected chi connectivity index (χ0v) is 16.1. The van der Waals surface area contributed by atoms with Crippen LogP contribution in [0.15, 0.2) is 30.5 Å². The van der Waals surface area contributed by atoms with E-state index < -0.39 is 0 Å². The highest BCUT2D eigenvalue weighted by Gasteiger charge is 2.29. The van der Waals surface area contributed by atoms with E-state index in [0.717, 1.165) is 35.9 Å². The summed E-state index contributed by atoms with van der Waals surface area (Å²) in [4.78, 5) is 15.1. The van der Waals surface area contributed by atoms with Crippen molar-refractivity contribution in [3.05, 3.63) is 41.6 Å². The number of hydrogen-bond donors (Lipinski definition) is 1. The molecule has 0 aliphatic carbocycles. The van der Waals surface area contributed by atoms with Crippen LogP contribution < -0.4 is 5.84 Å². The Bertz CT molecular complexity index is 868. The van der Waals surface area contributed by atoms with E-state index in [1.54, 1.807) is 4.68 Å². The van der Waals surface area contributed by atoms with Gasteiger partial charge >= 0.3 is 0 Å². The Morgan fingerprint density at radius 3 is 3.11 bits per heavy atom. The standard InChI is InChI=1S/C22H29N3O2/c1-2-27-12-4-6-22(26)17-7-8-21-19(14-17)20(15-25(21)23)16-9-11-24-10-3-5-18(24)13-16/h7-9,14-15,18H,2-6,10-13,23H2,1H3. The molecule has 1 fully saturated rings. The molecule has 2 aromatic rings. The molecule has 5 nitrogen and oxygen atoms in total. The molecule has 0 bridgehead atoms. The number of rotatable bonds is 7. The summed E-state index contributed by atoms with van der Waals surface area (Å²) in [6.45, 7) is 5.54. The number of nitrogens with zero attached hydrogens (tertiary/aromatic N) is 2. The monoisotopic (exact) mass is 367 g/mol. The van der Waals surface area contributed by atoms with Gasteiger partial charge in [0.15, 0.2) is 5.78 Å². The van der Waals surface area contributed by atoms with Crippen molar-refractivity contribution < 1.29 is 9.53 Å². The maximum Gasteiger partial charge on any atom is 0.162 e. The van der Waals surface area contributed by atoms with Crippen molar-refractivity contribution in [3.8, 4) is 0 Å². The average molecular weight is 367 g/mol. The highest BCUT2D eigenvalue weighted by Crippen LogP contribution is 2.36. The number of benzene rings is 1. The van der Waals surface area contributed by atoms with Gasteiger partial charge in [0.2, 0.25) is 0 Å². The molecule has 2 aliphatic heterocycles. The summed E-state index contributed by atoms with van der Waals surface area (Å²) in [7, 11) is 0. The van der Waals surface area contributed by atoms with Crippen molar-refractivity contribution in [1.82, 2.24) is 9.58 Å². The summed E-state index contributed by atoms with van der Waals surface area (Å²) in [5, 5.41) is 1.09. The minimum atomic E-state index is 0.173. The molecule has 0 radical (unpaired) electrons. The highest BCUT2D eigenvalue weighted by molar-refractivity contribution is 6.02. The lowest BCUT2D eigenvalue weighted by atomic mass is 9.93. The molecule has 1 unspecified atom stereocenters. The fourth-order valence-electron chi connectivity index (χ4n) is 4.46. The van der Waals surface area contributed by atoms with E-state index in [-0.39, 0.29) is 5.78 Å². The number of fused-ring (bicyclic) bond motifs is 2. The van der Waals surface area contributed by atoms with Crippen LogP contribution in [0.1, 0.15) is 54.9 Å². The fraction of sp³-hybridized carbons (Fsp3) is 0.500. The first-order valence-corrected chi connectivity index (χ1v) is 10.1. The molecular weight excluding hydrogens is 338 g/mol. The molecule has 1 atom stereocenters. The Morgan fingerprint density at radius 1 is 1.37 bits per heavy atom. The van der Waals surface area contributed by atoms with Gasteiger partial charge in [-0.2, -0.15) is 0 Å². The molecule has 0 spiro atoms. The maximum absolute atomic E-state index is 12.6. The third-order valence-corrected chi connectivity index (χ3v) is 5.92. The van der Waals surface area contributed by atoms with Gasteiger partial charge in [-0.15, -0.1) is 0 Å². The first-order valence-electron chi connectivity index (χ1n) is 10.1. The van der Waals surface area contributed by atoms with E-state index in [1.807, 2.05) is 31.3 Å². The van der Waals surface area contributed by atoms with Crippen molar-refractivity contribution in [2.45, 2.75) is 45.1 Å². The van der Waals surface area contributed by atoms with Gasteiger partial charge in [-0.1, -0.05) is 6.08 Å². The second-order valence-electron chi connectivity index (χ2n) is 7.63. The smallest absolute Gasteiger partial charge is 0.162 e. The zero-order chi connectivity index (χ0) is 18.8. The van der Waals surface area contributed by atoms with Gasteiger partial charge in [0.1, 0.15) is 0 Å². The molecule has 0 saturated carbocycles. The molecule has 1 aromatic heterocycles. The molecule has 4 rings (SSSR count). The third kappa shape index (κ3) is 3.66. The normalized spacial score (nSPS) is 20.0. The minimum absolute atomic E-state index is 0.173. The lowest BCUT2D eigenvalue weighted by Gasteiger charge is -2.29. The molecule has 3 heterocycles. The van der Waals surface area contributed by atoms with Crippen LogP contribution in [0.2, 0.25) is 0 Å². The fourth-order valence-corrected chi connectivity index (χ4v) is 4.46. The molecule has 27 heavy (non-hydrogen) atoms. The number of Topliss-reactive ketones (excluding diaryl/α,β-unsaturated/α-hetero) is 1. The summed E-state index contributed by atoms with van der Waals surface area (Å²) >= 11 is 0. The Balaban J connectivity index is 1.59. The third-order valence-electron chi connectivity index (χ3n) is 5.92. The molecular formula is C22H29N3O2. The quantitative estimate of drug-likeness (QED) is 0.461. The van der Waals surface area contributed by atoms with Gasteiger partial charge in [-0.3, -0.25) is 14.4 Å². The number of ketones is 1. The Labute approximate surface area is 160 Å². The SMILES string of the molecule is CCOCCCC(=O)c1ccc2c(c1)c(C1=CCN3CCCC3C1)cn2N. The van der Waals surface area contributed by atoms with Crippen LogP contribution in [0.4, 0.5) is 0 Å². The zero-order valence-electron chi connectivity index (χ0n) is 16.1. The van der Waals surface area contributed by atoms with E-state index in [2.05, 4.69) is 11.0 Å². The van der Waals surface area contributed by atoms with E-state index in [0.29, 0.717) is 25.7 Å². The summed E-state index contributed by atoms with van der Waals surface area (Å²) in [5.74, 6) is 6.38. The van der Waals surface area contributed by atoms with Crippen LogP contribution in [-0.4, -0.2) is 47.7 Å². The average Bonchev–Trinajstić information content (AvgIpc) is 3.28. The molecule has 2 N–H and O–H groups in total. The van der Waals surface area contributed by atoms with Gasteiger partial charge < -0.3 is 10.6 Å². The number of carbonyl (C=O) groups excluding carboxylic acids is 1. The molecule has 1 saturated heterocycles. The Kier molecular flexibility index (Phi) is 5.32. The number of nitrogen functional groups attached to an aromatic ring is 1. The van der Waals surface area contributed by atoms with Gasteiger partial charge in [-0.25, -0.2) is 0 Å². The number of hydrogen-bond acceptors (Lipinski definition) is 4. The molecule has 0 amide bonds. The van der Waals surface area contributed by atoms with E-state index in [4.69, 9.17) is 10.6 Å². The number of nitrogens with two attached hydrogens (primary N) is 1. The van der Waals surface area contributed by atoms with Crippen LogP contribution in [0.5, 0.6) is 0 Å². The van der Waals surface area contributed by atoms with E-state index in [9.17, 15) is 4.79 Å². The van der Waals surface area contributed by atoms with Crippen LogP contribution in [0, 0.1) is 0 Å². The van der Waals surface area contributed by atoms with Gasteiger partial charge in [-0.05, 0) is 62.9 Å². The second-order valence-corrected chi connectivity index (χ2v) is 7.63. The minimum Gasteiger partial charge on any atom is -0.382 e. The van der Waals surface area contributed by atoms with Gasteiger partial charge in [0.05, 0.1) is 5.52 Å². The predicted molar refractivity (Wildman–Crippen MR) is 109 cm³/mol. The number of aromatic nitrogens is 1. The largest absolute Gasteiger partial charge is 0.382 e. The summed E-state index contributed by atoms with van der Waals surface area (Å²) in [5.41, 5.74) is 4.30. The Hall–Kier alpha value is -2.11. The van der Waals surface area contributed by atoms with Crippen molar-refractivity contribution in [1.29, 1.82) is 0 Å². The van der Waals surface area contributed by atoms with Crippen LogP contribution in [-0.2, 0) is 4.74 Å². The second kappa shape index (κ2) is 7.87. The van der Waals surface area contributed by atoms with Gasteiger partial charge in [0.25, 0.3) is 0 Å². The van der Waals surface area contributed by atoms with Crippen LogP contribution >= 0.6 is 0 Å². The van der Waals surface area contributed by atoms with Crippen molar-refractivity contribution >= 4 is 22.3 Å². The number of ether oxygens (including phenoxy) is 1.